The molecule has 1 aliphatic rings. The summed E-state index contributed by atoms with van der Waals surface area (Å²) in [5.74, 6) is -0.228. The Balaban J connectivity index is 1.62. The molecule has 8 nitrogen and oxygen atoms in total. The molecule has 0 unspecified atom stereocenters. The first-order valence-electron chi connectivity index (χ1n) is 8.20. The Morgan fingerprint density at radius 1 is 1.19 bits per heavy atom. The number of carbonyl (C=O) groups is 1. The molecule has 4 rings (SSSR count). The van der Waals surface area contributed by atoms with Crippen LogP contribution in [0.15, 0.2) is 52.2 Å². The maximum Gasteiger partial charge on any atom is 0.327 e. The maximum atomic E-state index is 12.8. The number of nitrogens with zero attached hydrogens (tertiary/aromatic N) is 2. The van der Waals surface area contributed by atoms with Gasteiger partial charge in [0.25, 0.3) is 11.5 Å². The fourth-order valence-electron chi connectivity index (χ4n) is 3.05. The Labute approximate surface area is 147 Å². The van der Waals surface area contributed by atoms with Gasteiger partial charge in [0.2, 0.25) is 0 Å². The second-order valence-electron chi connectivity index (χ2n) is 6.05. The molecule has 0 bridgehead atoms. The van der Waals surface area contributed by atoms with Crippen molar-refractivity contribution in [3.63, 3.8) is 0 Å². The highest BCUT2D eigenvalue weighted by molar-refractivity contribution is 5.96. The zero-order valence-corrected chi connectivity index (χ0v) is 13.8. The van der Waals surface area contributed by atoms with E-state index in [4.69, 9.17) is 4.74 Å². The SMILES string of the molecule is O=C(c1cnc2[nH]c(=O)[nH]c(=O)c2c1)N1CCO[C@@H](c2ccccc2)C1. The molecule has 1 atom stereocenters. The van der Waals surface area contributed by atoms with Crippen molar-refractivity contribution >= 4 is 16.9 Å². The predicted molar refractivity (Wildman–Crippen MR) is 94.0 cm³/mol. The van der Waals surface area contributed by atoms with Crippen molar-refractivity contribution in [2.24, 2.45) is 0 Å². The third-order valence-electron chi connectivity index (χ3n) is 4.36. The van der Waals surface area contributed by atoms with Crippen LogP contribution >= 0.6 is 0 Å². The molecule has 1 aromatic carbocycles. The van der Waals surface area contributed by atoms with E-state index in [1.54, 1.807) is 4.90 Å². The number of amides is 1. The number of fused-ring (bicyclic) bond motifs is 1. The number of benzene rings is 1. The van der Waals surface area contributed by atoms with Crippen molar-refractivity contribution in [3.05, 3.63) is 74.6 Å². The van der Waals surface area contributed by atoms with Crippen LogP contribution in [0.25, 0.3) is 11.0 Å². The van der Waals surface area contributed by atoms with Crippen molar-refractivity contribution in [3.8, 4) is 0 Å². The van der Waals surface area contributed by atoms with Crippen molar-refractivity contribution in [1.29, 1.82) is 0 Å². The summed E-state index contributed by atoms with van der Waals surface area (Å²) in [6.45, 7) is 1.31. The van der Waals surface area contributed by atoms with Gasteiger partial charge in [-0.05, 0) is 11.6 Å². The fourth-order valence-corrected chi connectivity index (χ4v) is 3.05. The molecule has 0 spiro atoms. The molecule has 2 N–H and O–H groups in total. The molecule has 1 aliphatic heterocycles. The number of hydrogen-bond acceptors (Lipinski definition) is 5. The number of nitrogens with one attached hydrogen (secondary N) is 2. The Morgan fingerprint density at radius 3 is 2.81 bits per heavy atom. The number of hydrogen-bond donors (Lipinski definition) is 2. The van der Waals surface area contributed by atoms with Crippen molar-refractivity contribution < 1.29 is 9.53 Å². The Kier molecular flexibility index (Phi) is 4.10. The quantitative estimate of drug-likeness (QED) is 0.710. The zero-order valence-electron chi connectivity index (χ0n) is 13.8. The lowest BCUT2D eigenvalue weighted by atomic mass is 10.1. The maximum absolute atomic E-state index is 12.8. The number of aromatic nitrogens is 3. The number of carbonyl (C=O) groups excluding carboxylic acids is 1. The van der Waals surface area contributed by atoms with Crippen LogP contribution in [0.4, 0.5) is 0 Å². The molecule has 8 heteroatoms. The average Bonchev–Trinajstić information content (AvgIpc) is 2.68. The van der Waals surface area contributed by atoms with Gasteiger partial charge >= 0.3 is 5.69 Å². The lowest BCUT2D eigenvalue weighted by Gasteiger charge is -2.33. The minimum absolute atomic E-state index is 0.152. The Morgan fingerprint density at radius 2 is 2.00 bits per heavy atom. The highest BCUT2D eigenvalue weighted by atomic mass is 16.5. The first-order chi connectivity index (χ1) is 12.6. The molecule has 3 heterocycles. The van der Waals surface area contributed by atoms with Gasteiger partial charge in [0.1, 0.15) is 11.8 Å². The molecular formula is C18H16N4O4. The van der Waals surface area contributed by atoms with Crippen LogP contribution in [0.5, 0.6) is 0 Å². The van der Waals surface area contributed by atoms with E-state index in [1.807, 2.05) is 30.3 Å². The smallest absolute Gasteiger partial charge is 0.327 e. The molecule has 0 radical (unpaired) electrons. The van der Waals surface area contributed by atoms with E-state index in [1.165, 1.54) is 12.3 Å². The van der Waals surface area contributed by atoms with Crippen molar-refractivity contribution in [2.75, 3.05) is 19.7 Å². The number of rotatable bonds is 2. The van der Waals surface area contributed by atoms with Crippen molar-refractivity contribution in [1.82, 2.24) is 19.9 Å². The Hall–Kier alpha value is -3.26. The third kappa shape index (κ3) is 3.02. The summed E-state index contributed by atoms with van der Waals surface area (Å²) in [5.41, 5.74) is 0.252. The van der Waals surface area contributed by atoms with Crippen LogP contribution in [0.3, 0.4) is 0 Å². The van der Waals surface area contributed by atoms with E-state index < -0.39 is 11.2 Å². The molecule has 0 aliphatic carbocycles. The lowest BCUT2D eigenvalue weighted by Crippen LogP contribution is -2.42. The minimum atomic E-state index is -0.632. The number of morpholine rings is 1. The zero-order chi connectivity index (χ0) is 18.1. The van der Waals surface area contributed by atoms with Gasteiger partial charge in [-0.25, -0.2) is 9.78 Å². The second kappa shape index (κ2) is 6.57. The van der Waals surface area contributed by atoms with Gasteiger partial charge in [-0.1, -0.05) is 30.3 Å². The van der Waals surface area contributed by atoms with Gasteiger partial charge in [-0.15, -0.1) is 0 Å². The number of H-pyrrole nitrogens is 2. The summed E-state index contributed by atoms with van der Waals surface area (Å²) < 4.78 is 5.78. The fraction of sp³-hybridized carbons (Fsp3) is 0.222. The van der Waals surface area contributed by atoms with Gasteiger partial charge in [0.15, 0.2) is 0 Å². The van der Waals surface area contributed by atoms with Crippen LogP contribution < -0.4 is 11.2 Å². The van der Waals surface area contributed by atoms with Gasteiger partial charge in [-0.3, -0.25) is 19.6 Å². The highest BCUT2D eigenvalue weighted by Gasteiger charge is 2.26. The van der Waals surface area contributed by atoms with Gasteiger partial charge in [-0.2, -0.15) is 0 Å². The minimum Gasteiger partial charge on any atom is -0.370 e. The normalized spacial score (nSPS) is 17.4. The molecule has 3 aromatic rings. The summed E-state index contributed by atoms with van der Waals surface area (Å²) in [7, 11) is 0. The first-order valence-corrected chi connectivity index (χ1v) is 8.20. The molecule has 132 valence electrons. The van der Waals surface area contributed by atoms with Crippen LogP contribution in [0.2, 0.25) is 0 Å². The topological polar surface area (TPSA) is 108 Å². The van der Waals surface area contributed by atoms with Gasteiger partial charge < -0.3 is 9.64 Å². The van der Waals surface area contributed by atoms with Crippen LogP contribution in [-0.2, 0) is 4.74 Å². The van der Waals surface area contributed by atoms with Crippen LogP contribution in [0, 0.1) is 0 Å². The number of aromatic amines is 2. The summed E-state index contributed by atoms with van der Waals surface area (Å²) in [4.78, 5) is 46.4. The number of ether oxygens (including phenoxy) is 1. The van der Waals surface area contributed by atoms with E-state index in [2.05, 4.69) is 15.0 Å². The summed E-state index contributed by atoms with van der Waals surface area (Å²) in [6.07, 6.45) is 1.18. The number of pyridine rings is 1. The standard InChI is InChI=1S/C18H16N4O4/c23-16-13-8-12(9-19-15(13)20-18(25)21-16)17(24)22-6-7-26-14(10-22)11-4-2-1-3-5-11/h1-5,8-9,14H,6-7,10H2,(H2,19,20,21,23,25)/t14-/m1/s1. The van der Waals surface area contributed by atoms with E-state index in [0.29, 0.717) is 25.3 Å². The molecule has 2 aromatic heterocycles. The molecule has 0 saturated carbocycles. The molecule has 26 heavy (non-hydrogen) atoms. The monoisotopic (exact) mass is 352 g/mol. The van der Waals surface area contributed by atoms with Crippen LogP contribution in [0.1, 0.15) is 22.0 Å². The van der Waals surface area contributed by atoms with Crippen molar-refractivity contribution in [2.45, 2.75) is 6.10 Å². The Bertz CT molecular complexity index is 1070. The molecule has 1 amide bonds. The molecule has 1 fully saturated rings. The highest BCUT2D eigenvalue weighted by Crippen LogP contribution is 2.23. The van der Waals surface area contributed by atoms with Crippen LogP contribution in [-0.4, -0.2) is 45.5 Å². The lowest BCUT2D eigenvalue weighted by molar-refractivity contribution is -0.0228. The largest absolute Gasteiger partial charge is 0.370 e. The summed E-state index contributed by atoms with van der Waals surface area (Å²) in [5, 5.41) is 0.170. The van der Waals surface area contributed by atoms with Gasteiger partial charge in [0, 0.05) is 12.7 Å². The third-order valence-corrected chi connectivity index (χ3v) is 4.36. The van der Waals surface area contributed by atoms with E-state index in [9.17, 15) is 14.4 Å². The molecule has 1 saturated heterocycles. The predicted octanol–water partition coefficient (Wildman–Crippen LogP) is 0.825. The first kappa shape index (κ1) is 16.2. The summed E-state index contributed by atoms with van der Waals surface area (Å²) >= 11 is 0. The second-order valence-corrected chi connectivity index (χ2v) is 6.05. The average molecular weight is 352 g/mol. The van der Waals surface area contributed by atoms with E-state index >= 15 is 0 Å². The summed E-state index contributed by atoms with van der Waals surface area (Å²) in [6, 6.07) is 11.2. The van der Waals surface area contributed by atoms with E-state index in [0.717, 1.165) is 5.56 Å². The van der Waals surface area contributed by atoms with E-state index in [-0.39, 0.29) is 23.0 Å². The molecular weight excluding hydrogens is 336 g/mol. The van der Waals surface area contributed by atoms with Gasteiger partial charge in [0.05, 0.1) is 24.1 Å².